The Hall–Kier alpha value is -2.07. The predicted octanol–water partition coefficient (Wildman–Crippen LogP) is 3.15. The van der Waals surface area contributed by atoms with Crippen molar-refractivity contribution in [3.63, 3.8) is 0 Å². The average molecular weight is 540 g/mol. The summed E-state index contributed by atoms with van der Waals surface area (Å²) in [5, 5.41) is 9.45. The van der Waals surface area contributed by atoms with E-state index >= 15 is 0 Å². The van der Waals surface area contributed by atoms with Crippen LogP contribution in [0.5, 0.6) is 0 Å². The summed E-state index contributed by atoms with van der Waals surface area (Å²) in [5.74, 6) is 1.65. The molecule has 0 aliphatic carbocycles. The highest BCUT2D eigenvalue weighted by molar-refractivity contribution is 14.0. The summed E-state index contributed by atoms with van der Waals surface area (Å²) in [4.78, 5) is 16.6. The van der Waals surface area contributed by atoms with Crippen LogP contribution < -0.4 is 16.0 Å². The Morgan fingerprint density at radius 1 is 1.13 bits per heavy atom. The predicted molar refractivity (Wildman–Crippen MR) is 133 cm³/mol. The van der Waals surface area contributed by atoms with E-state index in [9.17, 15) is 4.79 Å². The fraction of sp³-hybridized carbons (Fsp3) is 0.478. The smallest absolute Gasteiger partial charge is 0.251 e. The third-order valence-corrected chi connectivity index (χ3v) is 5.09. The number of carbonyl (C=O) groups is 1. The molecule has 1 saturated heterocycles. The molecule has 1 atom stereocenters. The Morgan fingerprint density at radius 3 is 2.68 bits per heavy atom. The van der Waals surface area contributed by atoms with Gasteiger partial charge in [0.25, 0.3) is 5.91 Å². The minimum atomic E-state index is -0.0702. The summed E-state index contributed by atoms with van der Waals surface area (Å²) in [7, 11) is 1.64. The molecule has 1 fully saturated rings. The highest BCUT2D eigenvalue weighted by Crippen LogP contribution is 2.12. The molecule has 1 aromatic heterocycles. The molecule has 170 valence electrons. The number of guanidine groups is 1. The lowest BCUT2D eigenvalue weighted by Crippen LogP contribution is -2.40. The molecule has 0 saturated carbocycles. The number of amides is 1. The first-order valence-electron chi connectivity index (χ1n) is 10.7. The van der Waals surface area contributed by atoms with Crippen molar-refractivity contribution >= 4 is 35.8 Å². The Labute approximate surface area is 201 Å². The molecule has 1 amide bonds. The molecule has 0 radical (unpaired) electrons. The van der Waals surface area contributed by atoms with Crippen molar-refractivity contribution in [1.82, 2.24) is 16.0 Å². The molecule has 0 spiro atoms. The van der Waals surface area contributed by atoms with Crippen LogP contribution in [0.4, 0.5) is 0 Å². The molecular formula is C23H33IN4O3. The third-order valence-electron chi connectivity index (χ3n) is 5.09. The van der Waals surface area contributed by atoms with E-state index in [0.717, 1.165) is 62.7 Å². The van der Waals surface area contributed by atoms with Gasteiger partial charge in [-0.2, -0.15) is 0 Å². The number of aliphatic imine (C=N–C) groups is 1. The Morgan fingerprint density at radius 2 is 1.97 bits per heavy atom. The first kappa shape index (κ1) is 25.2. The molecule has 2 aromatic rings. The van der Waals surface area contributed by atoms with E-state index in [1.807, 2.05) is 36.4 Å². The summed E-state index contributed by atoms with van der Waals surface area (Å²) >= 11 is 0. The maximum absolute atomic E-state index is 11.8. The molecule has 3 N–H and O–H groups in total. The van der Waals surface area contributed by atoms with E-state index in [-0.39, 0.29) is 36.0 Å². The number of hydrogen-bond acceptors (Lipinski definition) is 4. The van der Waals surface area contributed by atoms with Crippen molar-refractivity contribution < 1.29 is 13.9 Å². The molecule has 0 bridgehead atoms. The lowest BCUT2D eigenvalue weighted by atomic mass is 10.1. The first-order valence-corrected chi connectivity index (χ1v) is 10.7. The zero-order valence-corrected chi connectivity index (χ0v) is 20.4. The summed E-state index contributed by atoms with van der Waals surface area (Å²) in [6, 6.07) is 11.6. The third kappa shape index (κ3) is 8.90. The van der Waals surface area contributed by atoms with Crippen LogP contribution >= 0.6 is 24.0 Å². The molecule has 8 heteroatoms. The molecule has 1 aliphatic rings. The van der Waals surface area contributed by atoms with Crippen LogP contribution in [0.1, 0.15) is 40.9 Å². The monoisotopic (exact) mass is 540 g/mol. The van der Waals surface area contributed by atoms with Gasteiger partial charge >= 0.3 is 0 Å². The average Bonchev–Trinajstić information content (AvgIpc) is 3.31. The van der Waals surface area contributed by atoms with E-state index in [0.29, 0.717) is 12.1 Å². The van der Waals surface area contributed by atoms with Gasteiger partial charge < -0.3 is 25.1 Å². The van der Waals surface area contributed by atoms with Crippen molar-refractivity contribution in [2.45, 2.75) is 38.2 Å². The van der Waals surface area contributed by atoms with E-state index in [1.165, 1.54) is 6.42 Å². The van der Waals surface area contributed by atoms with Crippen LogP contribution in [0.15, 0.2) is 52.1 Å². The molecular weight excluding hydrogens is 507 g/mol. The van der Waals surface area contributed by atoms with E-state index in [4.69, 9.17) is 14.1 Å². The van der Waals surface area contributed by atoms with Crippen molar-refractivity contribution in [3.05, 3.63) is 59.5 Å². The summed E-state index contributed by atoms with van der Waals surface area (Å²) in [6.45, 7) is 2.94. The number of furan rings is 1. The number of halogens is 1. The SMILES string of the molecule is CNC(=O)c1cccc(CCNC(=NCC2CCCCO2)NCCc2ccco2)c1.I. The highest BCUT2D eigenvalue weighted by Gasteiger charge is 2.13. The van der Waals surface area contributed by atoms with Gasteiger partial charge in [-0.05, 0) is 55.5 Å². The van der Waals surface area contributed by atoms with Gasteiger partial charge in [-0.1, -0.05) is 12.1 Å². The largest absolute Gasteiger partial charge is 0.469 e. The molecule has 1 aromatic carbocycles. The lowest BCUT2D eigenvalue weighted by Gasteiger charge is -2.21. The number of carbonyl (C=O) groups excluding carboxylic acids is 1. The van der Waals surface area contributed by atoms with Crippen molar-refractivity contribution in [2.75, 3.05) is 33.3 Å². The molecule has 2 heterocycles. The van der Waals surface area contributed by atoms with Crippen LogP contribution in [0.3, 0.4) is 0 Å². The molecule has 1 aliphatic heterocycles. The highest BCUT2D eigenvalue weighted by atomic mass is 127. The zero-order valence-electron chi connectivity index (χ0n) is 18.1. The molecule has 3 rings (SSSR count). The zero-order chi connectivity index (χ0) is 21.0. The molecule has 7 nitrogen and oxygen atoms in total. The molecule has 1 unspecified atom stereocenters. The van der Waals surface area contributed by atoms with Crippen molar-refractivity contribution in [1.29, 1.82) is 0 Å². The quantitative estimate of drug-likeness (QED) is 0.259. The van der Waals surface area contributed by atoms with Gasteiger partial charge in [-0.3, -0.25) is 9.79 Å². The van der Waals surface area contributed by atoms with Crippen LogP contribution in [0.25, 0.3) is 0 Å². The number of hydrogen-bond donors (Lipinski definition) is 3. The lowest BCUT2D eigenvalue weighted by molar-refractivity contribution is 0.0224. The first-order chi connectivity index (χ1) is 14.7. The maximum Gasteiger partial charge on any atom is 0.251 e. The summed E-state index contributed by atoms with van der Waals surface area (Å²) < 4.78 is 11.2. The minimum absolute atomic E-state index is 0. The fourth-order valence-corrected chi connectivity index (χ4v) is 3.42. The van der Waals surface area contributed by atoms with Gasteiger partial charge in [0.1, 0.15) is 5.76 Å². The van der Waals surface area contributed by atoms with Crippen LogP contribution in [0, 0.1) is 0 Å². The number of ether oxygens (including phenoxy) is 1. The van der Waals surface area contributed by atoms with Gasteiger partial charge in [-0.15, -0.1) is 24.0 Å². The van der Waals surface area contributed by atoms with Gasteiger partial charge in [0, 0.05) is 38.7 Å². The number of nitrogens with zero attached hydrogens (tertiary/aromatic N) is 1. The number of benzene rings is 1. The minimum Gasteiger partial charge on any atom is -0.469 e. The topological polar surface area (TPSA) is 87.9 Å². The number of nitrogens with one attached hydrogen (secondary N) is 3. The number of rotatable bonds is 9. The van der Waals surface area contributed by atoms with Gasteiger partial charge in [0.2, 0.25) is 0 Å². The van der Waals surface area contributed by atoms with E-state index < -0.39 is 0 Å². The van der Waals surface area contributed by atoms with Crippen LogP contribution in [-0.4, -0.2) is 51.3 Å². The van der Waals surface area contributed by atoms with Crippen molar-refractivity contribution in [2.24, 2.45) is 4.99 Å². The second-order valence-electron chi connectivity index (χ2n) is 7.39. The maximum atomic E-state index is 11.8. The van der Waals surface area contributed by atoms with Gasteiger partial charge in [0.05, 0.1) is 18.9 Å². The second kappa shape index (κ2) is 14.1. The Balaban J connectivity index is 0.00000341. The normalized spacial score (nSPS) is 16.3. The summed E-state index contributed by atoms with van der Waals surface area (Å²) in [6.07, 6.45) is 6.89. The Kier molecular flexibility index (Phi) is 11.4. The van der Waals surface area contributed by atoms with Crippen LogP contribution in [0.2, 0.25) is 0 Å². The summed E-state index contributed by atoms with van der Waals surface area (Å²) in [5.41, 5.74) is 1.78. The van der Waals surface area contributed by atoms with Gasteiger partial charge in [-0.25, -0.2) is 0 Å². The van der Waals surface area contributed by atoms with Crippen LogP contribution in [-0.2, 0) is 17.6 Å². The van der Waals surface area contributed by atoms with E-state index in [1.54, 1.807) is 13.3 Å². The molecule has 31 heavy (non-hydrogen) atoms. The van der Waals surface area contributed by atoms with Crippen molar-refractivity contribution in [3.8, 4) is 0 Å². The second-order valence-corrected chi connectivity index (χ2v) is 7.39. The Bertz CT molecular complexity index is 805. The fourth-order valence-electron chi connectivity index (χ4n) is 3.42. The van der Waals surface area contributed by atoms with E-state index in [2.05, 4.69) is 16.0 Å². The van der Waals surface area contributed by atoms with Gasteiger partial charge in [0.15, 0.2) is 5.96 Å². The standard InChI is InChI=1S/C23H32N4O3.HI/c1-24-22(28)19-7-4-6-18(16-19)10-12-25-23(26-13-11-20-9-5-15-29-20)27-17-21-8-2-3-14-30-21;/h4-7,9,15-16,21H,2-3,8,10-14,17H2,1H3,(H,24,28)(H2,25,26,27);1H.